The highest BCUT2D eigenvalue weighted by Gasteiger charge is 2.31. The van der Waals surface area contributed by atoms with Crippen molar-refractivity contribution in [1.29, 1.82) is 5.26 Å². The molecule has 0 spiro atoms. The molecule has 1 fully saturated rings. The standard InChI is InChI=1S/C13H15BrN2/c1-13(6-3-7-13)9-16-12-5-2-4-11(14)10(12)8-15/h2,4-5,16H,3,6-7,9H2,1H3. The lowest BCUT2D eigenvalue weighted by atomic mass is 9.70. The third kappa shape index (κ3) is 2.22. The van der Waals surface area contributed by atoms with Crippen molar-refractivity contribution in [2.45, 2.75) is 26.2 Å². The molecule has 16 heavy (non-hydrogen) atoms. The number of nitrogens with zero attached hydrogens (tertiary/aromatic N) is 1. The van der Waals surface area contributed by atoms with Crippen molar-refractivity contribution in [3.8, 4) is 6.07 Å². The average molecular weight is 279 g/mol. The summed E-state index contributed by atoms with van der Waals surface area (Å²) in [7, 11) is 0. The van der Waals surface area contributed by atoms with Crippen molar-refractivity contribution in [3.05, 3.63) is 28.2 Å². The van der Waals surface area contributed by atoms with E-state index in [1.54, 1.807) is 0 Å². The molecule has 0 aromatic heterocycles. The van der Waals surface area contributed by atoms with Gasteiger partial charge in [0.05, 0.1) is 11.3 Å². The number of halogens is 1. The molecule has 1 N–H and O–H groups in total. The largest absolute Gasteiger partial charge is 0.383 e. The number of benzene rings is 1. The van der Waals surface area contributed by atoms with Crippen LogP contribution in [0.25, 0.3) is 0 Å². The minimum atomic E-state index is 0.426. The first-order valence-corrected chi connectivity index (χ1v) is 6.36. The molecular formula is C13H15BrN2. The normalized spacial score (nSPS) is 17.3. The minimum absolute atomic E-state index is 0.426. The molecule has 1 aliphatic carbocycles. The Hall–Kier alpha value is -1.01. The molecule has 0 atom stereocenters. The lowest BCUT2D eigenvalue weighted by Crippen LogP contribution is -2.33. The van der Waals surface area contributed by atoms with Gasteiger partial charge in [0.25, 0.3) is 0 Å². The Morgan fingerprint density at radius 1 is 1.50 bits per heavy atom. The van der Waals surface area contributed by atoms with Crippen molar-refractivity contribution in [3.63, 3.8) is 0 Å². The highest BCUT2D eigenvalue weighted by molar-refractivity contribution is 9.10. The van der Waals surface area contributed by atoms with E-state index in [2.05, 4.69) is 34.2 Å². The topological polar surface area (TPSA) is 35.8 Å². The molecule has 1 saturated carbocycles. The van der Waals surface area contributed by atoms with Crippen LogP contribution in [0.1, 0.15) is 31.7 Å². The van der Waals surface area contributed by atoms with E-state index >= 15 is 0 Å². The summed E-state index contributed by atoms with van der Waals surface area (Å²) in [6.45, 7) is 3.26. The summed E-state index contributed by atoms with van der Waals surface area (Å²) in [6.07, 6.45) is 3.91. The molecule has 1 aromatic carbocycles. The van der Waals surface area contributed by atoms with E-state index in [4.69, 9.17) is 5.26 Å². The number of hydrogen-bond donors (Lipinski definition) is 1. The zero-order valence-corrected chi connectivity index (χ0v) is 11.0. The summed E-state index contributed by atoms with van der Waals surface area (Å²) in [6, 6.07) is 8.04. The maximum Gasteiger partial charge on any atom is 0.103 e. The molecular weight excluding hydrogens is 264 g/mol. The van der Waals surface area contributed by atoms with Crippen LogP contribution < -0.4 is 5.32 Å². The summed E-state index contributed by atoms with van der Waals surface area (Å²) in [5.74, 6) is 0. The van der Waals surface area contributed by atoms with Gasteiger partial charge < -0.3 is 5.32 Å². The molecule has 0 unspecified atom stereocenters. The van der Waals surface area contributed by atoms with Gasteiger partial charge in [0.15, 0.2) is 0 Å². The van der Waals surface area contributed by atoms with Crippen LogP contribution in [0.2, 0.25) is 0 Å². The molecule has 0 bridgehead atoms. The fourth-order valence-corrected chi connectivity index (χ4v) is 2.51. The molecule has 0 aliphatic heterocycles. The van der Waals surface area contributed by atoms with E-state index in [0.717, 1.165) is 16.7 Å². The molecule has 0 saturated heterocycles. The van der Waals surface area contributed by atoms with Gasteiger partial charge in [0.2, 0.25) is 0 Å². The third-order valence-electron chi connectivity index (χ3n) is 3.39. The minimum Gasteiger partial charge on any atom is -0.383 e. The molecule has 0 amide bonds. The Bertz CT molecular complexity index is 430. The van der Waals surface area contributed by atoms with Crippen molar-refractivity contribution < 1.29 is 0 Å². The summed E-state index contributed by atoms with van der Waals surface area (Å²) in [4.78, 5) is 0. The van der Waals surface area contributed by atoms with Gasteiger partial charge in [-0.1, -0.05) is 19.4 Å². The molecule has 2 nitrogen and oxygen atoms in total. The fourth-order valence-electron chi connectivity index (χ4n) is 2.05. The fraction of sp³-hybridized carbons (Fsp3) is 0.462. The van der Waals surface area contributed by atoms with Crippen LogP contribution in [0, 0.1) is 16.7 Å². The SMILES string of the molecule is CC1(CNc2cccc(Br)c2C#N)CCC1. The first-order chi connectivity index (χ1) is 7.64. The Kier molecular flexibility index (Phi) is 3.20. The number of anilines is 1. The van der Waals surface area contributed by atoms with Crippen LogP contribution in [0.3, 0.4) is 0 Å². The van der Waals surface area contributed by atoms with Crippen molar-refractivity contribution in [2.75, 3.05) is 11.9 Å². The monoisotopic (exact) mass is 278 g/mol. The van der Waals surface area contributed by atoms with Gasteiger partial charge in [-0.25, -0.2) is 0 Å². The quantitative estimate of drug-likeness (QED) is 0.910. The number of nitrogens with one attached hydrogen (secondary N) is 1. The summed E-state index contributed by atoms with van der Waals surface area (Å²) in [5.41, 5.74) is 2.06. The molecule has 0 radical (unpaired) electrons. The van der Waals surface area contributed by atoms with Crippen molar-refractivity contribution in [2.24, 2.45) is 5.41 Å². The van der Waals surface area contributed by atoms with Gasteiger partial charge in [-0.2, -0.15) is 5.26 Å². The van der Waals surface area contributed by atoms with E-state index in [1.165, 1.54) is 19.3 Å². The molecule has 84 valence electrons. The maximum absolute atomic E-state index is 9.08. The van der Waals surface area contributed by atoms with E-state index in [-0.39, 0.29) is 0 Å². The Labute approximate surface area is 105 Å². The number of nitriles is 1. The van der Waals surface area contributed by atoms with E-state index in [1.807, 2.05) is 18.2 Å². The molecule has 0 heterocycles. The Balaban J connectivity index is 2.10. The first kappa shape index (κ1) is 11.5. The average Bonchev–Trinajstić information content (AvgIpc) is 2.24. The van der Waals surface area contributed by atoms with Gasteiger partial charge >= 0.3 is 0 Å². The number of hydrogen-bond acceptors (Lipinski definition) is 2. The van der Waals surface area contributed by atoms with Crippen LogP contribution in [-0.4, -0.2) is 6.54 Å². The molecule has 1 aliphatic rings. The van der Waals surface area contributed by atoms with E-state index in [0.29, 0.717) is 11.0 Å². The highest BCUT2D eigenvalue weighted by Crippen LogP contribution is 2.40. The van der Waals surface area contributed by atoms with E-state index in [9.17, 15) is 0 Å². The zero-order valence-electron chi connectivity index (χ0n) is 9.39. The third-order valence-corrected chi connectivity index (χ3v) is 4.05. The first-order valence-electron chi connectivity index (χ1n) is 5.57. The van der Waals surface area contributed by atoms with Gasteiger partial charge in [-0.05, 0) is 46.3 Å². The second kappa shape index (κ2) is 4.47. The highest BCUT2D eigenvalue weighted by atomic mass is 79.9. The van der Waals surface area contributed by atoms with Crippen LogP contribution in [0.4, 0.5) is 5.69 Å². The maximum atomic E-state index is 9.08. The zero-order chi connectivity index (χ0) is 11.6. The van der Waals surface area contributed by atoms with Crippen LogP contribution >= 0.6 is 15.9 Å². The second-order valence-electron chi connectivity index (χ2n) is 4.79. The van der Waals surface area contributed by atoms with Gasteiger partial charge in [0.1, 0.15) is 6.07 Å². The second-order valence-corrected chi connectivity index (χ2v) is 5.65. The van der Waals surface area contributed by atoms with Crippen molar-refractivity contribution >= 4 is 21.6 Å². The lowest BCUT2D eigenvalue weighted by molar-refractivity contribution is 0.180. The predicted molar refractivity (Wildman–Crippen MR) is 69.3 cm³/mol. The molecule has 3 heteroatoms. The van der Waals surface area contributed by atoms with Crippen molar-refractivity contribution in [1.82, 2.24) is 0 Å². The van der Waals surface area contributed by atoms with Crippen LogP contribution in [0.5, 0.6) is 0 Å². The number of rotatable bonds is 3. The Morgan fingerprint density at radius 3 is 2.81 bits per heavy atom. The predicted octanol–water partition coefficient (Wildman–Crippen LogP) is 3.92. The molecule has 2 rings (SSSR count). The molecule has 1 aromatic rings. The summed E-state index contributed by atoms with van der Waals surface area (Å²) in [5, 5.41) is 12.5. The van der Waals surface area contributed by atoms with Crippen LogP contribution in [-0.2, 0) is 0 Å². The van der Waals surface area contributed by atoms with Gasteiger partial charge in [-0.15, -0.1) is 0 Å². The summed E-state index contributed by atoms with van der Waals surface area (Å²) < 4.78 is 0.860. The van der Waals surface area contributed by atoms with Gasteiger partial charge in [-0.3, -0.25) is 0 Å². The smallest absolute Gasteiger partial charge is 0.103 e. The Morgan fingerprint density at radius 2 is 2.25 bits per heavy atom. The van der Waals surface area contributed by atoms with Gasteiger partial charge in [0, 0.05) is 11.0 Å². The van der Waals surface area contributed by atoms with Crippen LogP contribution in [0.15, 0.2) is 22.7 Å². The summed E-state index contributed by atoms with van der Waals surface area (Å²) >= 11 is 3.40. The van der Waals surface area contributed by atoms with E-state index < -0.39 is 0 Å². The lowest BCUT2D eigenvalue weighted by Gasteiger charge is -2.38.